The van der Waals surface area contributed by atoms with Crippen LogP contribution in [0.4, 0.5) is 0 Å². The number of fused-ring (bicyclic) bond motifs is 3. The minimum atomic E-state index is -0.817. The Morgan fingerprint density at radius 1 is 0.545 bits per heavy atom. The zero-order valence-electron chi connectivity index (χ0n) is 11.6. The van der Waals surface area contributed by atoms with Gasteiger partial charge in [0, 0.05) is 11.1 Å². The van der Waals surface area contributed by atoms with Crippen LogP contribution in [0.15, 0.2) is 0 Å². The zero-order chi connectivity index (χ0) is 16.5. The summed E-state index contributed by atoms with van der Waals surface area (Å²) in [5.74, 6) is -4.43. The molecule has 0 spiro atoms. The lowest BCUT2D eigenvalue weighted by molar-refractivity contribution is 0.211. The zero-order valence-corrected chi connectivity index (χ0v) is 11.6. The first-order valence-corrected chi connectivity index (χ1v) is 6.24. The number of aromatic nitrogens is 1. The number of phenolic OH excluding ortho intramolecular Hbond substituents is 6. The maximum Gasteiger partial charge on any atom is 0.201 e. The average Bonchev–Trinajstić information content (AvgIpc) is 2.80. The number of benzene rings is 2. The van der Waals surface area contributed by atoms with Crippen molar-refractivity contribution >= 4 is 21.8 Å². The Morgan fingerprint density at radius 2 is 0.864 bits per heavy atom. The summed E-state index contributed by atoms with van der Waals surface area (Å²) < 4.78 is 0.563. The van der Waals surface area contributed by atoms with Crippen molar-refractivity contribution in [3.63, 3.8) is 0 Å². The summed E-state index contributed by atoms with van der Waals surface area (Å²) in [6, 6.07) is 0. The highest BCUT2D eigenvalue weighted by molar-refractivity contribution is 6.18. The van der Waals surface area contributed by atoms with Gasteiger partial charge in [0.25, 0.3) is 0 Å². The fourth-order valence-corrected chi connectivity index (χ4v) is 2.75. The van der Waals surface area contributed by atoms with E-state index in [1.54, 1.807) is 0 Å². The second kappa shape index (κ2) is 3.94. The van der Waals surface area contributed by atoms with Gasteiger partial charge in [0.1, 0.15) is 0 Å². The van der Waals surface area contributed by atoms with E-state index < -0.39 is 34.5 Å². The number of aryl methyl sites for hydroxylation is 2. The van der Waals surface area contributed by atoms with Crippen molar-refractivity contribution in [2.75, 3.05) is 0 Å². The molecule has 0 aliphatic heterocycles. The summed E-state index contributed by atoms with van der Waals surface area (Å²) in [4.78, 5) is 0. The molecule has 0 aliphatic carbocycles. The minimum absolute atomic E-state index is 0.0433. The third-order valence-electron chi connectivity index (χ3n) is 3.94. The molecule has 0 radical (unpaired) electrons. The van der Waals surface area contributed by atoms with Crippen LogP contribution in [-0.4, -0.2) is 40.6 Å². The normalized spacial score (nSPS) is 11.5. The number of phenols is 6. The predicted octanol–water partition coefficient (Wildman–Crippen LogP) is 1.88. The summed E-state index contributed by atoms with van der Waals surface area (Å²) in [5.41, 5.74) is -0.0686. The number of hydrogen-bond acceptors (Lipinski definition) is 7. The Kier molecular flexibility index (Phi) is 2.47. The molecule has 8 nitrogen and oxygen atoms in total. The molecule has 0 saturated heterocycles. The van der Waals surface area contributed by atoms with E-state index in [1.165, 1.54) is 13.8 Å². The molecule has 116 valence electrons. The molecule has 0 unspecified atom stereocenters. The van der Waals surface area contributed by atoms with E-state index in [-0.39, 0.29) is 32.9 Å². The van der Waals surface area contributed by atoms with Gasteiger partial charge in [-0.1, -0.05) is 0 Å². The standard InChI is InChI=1S/C14H13NO7/c1-3-7-5(11(18)13(20)9(3)16)6-8(15(7)22)4(2)10(17)14(21)12(6)19/h16-22H,1-2H3. The van der Waals surface area contributed by atoms with Gasteiger partial charge in [-0.15, -0.1) is 0 Å². The Hall–Kier alpha value is -3.16. The third kappa shape index (κ3) is 1.31. The third-order valence-corrected chi connectivity index (χ3v) is 3.94. The fraction of sp³-hybridized carbons (Fsp3) is 0.143. The van der Waals surface area contributed by atoms with Gasteiger partial charge >= 0.3 is 0 Å². The second-order valence-electron chi connectivity index (χ2n) is 5.10. The van der Waals surface area contributed by atoms with Crippen LogP contribution in [0, 0.1) is 13.8 Å². The first-order chi connectivity index (χ1) is 10.2. The molecule has 0 atom stereocenters. The quantitative estimate of drug-likeness (QED) is 0.248. The van der Waals surface area contributed by atoms with Crippen LogP contribution in [0.5, 0.6) is 34.5 Å². The van der Waals surface area contributed by atoms with Gasteiger partial charge in [-0.2, -0.15) is 4.73 Å². The van der Waals surface area contributed by atoms with Crippen LogP contribution < -0.4 is 0 Å². The Balaban J connectivity index is 2.81. The molecule has 3 rings (SSSR count). The van der Waals surface area contributed by atoms with Gasteiger partial charge in [-0.25, -0.2) is 0 Å². The van der Waals surface area contributed by atoms with Crippen molar-refractivity contribution in [1.82, 2.24) is 4.73 Å². The van der Waals surface area contributed by atoms with Gasteiger partial charge in [0.05, 0.1) is 21.8 Å². The Bertz CT molecular complexity index is 894. The van der Waals surface area contributed by atoms with Crippen LogP contribution in [0.3, 0.4) is 0 Å². The Labute approximate surface area is 122 Å². The van der Waals surface area contributed by atoms with Gasteiger partial charge in [-0.05, 0) is 13.8 Å². The molecule has 0 amide bonds. The molecule has 0 saturated carbocycles. The maximum atomic E-state index is 10.3. The second-order valence-corrected chi connectivity index (χ2v) is 5.10. The summed E-state index contributed by atoms with van der Waals surface area (Å²) in [6.45, 7) is 2.77. The first kappa shape index (κ1) is 13.8. The first-order valence-electron chi connectivity index (χ1n) is 6.24. The van der Waals surface area contributed by atoms with E-state index in [0.717, 1.165) is 0 Å². The summed E-state index contributed by atoms with van der Waals surface area (Å²) in [5, 5.41) is 69.2. The molecule has 0 bridgehead atoms. The molecule has 8 heteroatoms. The topological polar surface area (TPSA) is 147 Å². The van der Waals surface area contributed by atoms with Crippen LogP contribution in [0.25, 0.3) is 21.8 Å². The molecule has 1 heterocycles. The number of aromatic hydroxyl groups is 6. The van der Waals surface area contributed by atoms with Crippen molar-refractivity contribution < 1.29 is 35.8 Å². The highest BCUT2D eigenvalue weighted by Gasteiger charge is 2.28. The molecule has 0 fully saturated rings. The van der Waals surface area contributed by atoms with Gasteiger partial charge in [0.15, 0.2) is 23.0 Å². The lowest BCUT2D eigenvalue weighted by Gasteiger charge is -2.08. The van der Waals surface area contributed by atoms with Crippen molar-refractivity contribution in [2.24, 2.45) is 0 Å². The SMILES string of the molecule is Cc1c(O)c(O)c(O)c2c3c(O)c(O)c(O)c(C)c3n(O)c12. The lowest BCUT2D eigenvalue weighted by Crippen LogP contribution is -1.94. The van der Waals surface area contributed by atoms with Gasteiger partial charge < -0.3 is 35.8 Å². The van der Waals surface area contributed by atoms with E-state index in [0.29, 0.717) is 4.73 Å². The van der Waals surface area contributed by atoms with Crippen molar-refractivity contribution in [2.45, 2.75) is 13.8 Å². The van der Waals surface area contributed by atoms with E-state index in [9.17, 15) is 35.8 Å². The maximum absolute atomic E-state index is 10.3. The number of nitrogens with zero attached hydrogens (tertiary/aromatic N) is 1. The molecule has 2 aromatic carbocycles. The van der Waals surface area contributed by atoms with Crippen molar-refractivity contribution in [1.29, 1.82) is 0 Å². The predicted molar refractivity (Wildman–Crippen MR) is 76.1 cm³/mol. The largest absolute Gasteiger partial charge is 0.504 e. The summed E-state index contributed by atoms with van der Waals surface area (Å²) in [7, 11) is 0. The van der Waals surface area contributed by atoms with E-state index >= 15 is 0 Å². The molecule has 3 aromatic rings. The van der Waals surface area contributed by atoms with Crippen molar-refractivity contribution in [3.05, 3.63) is 11.1 Å². The summed E-state index contributed by atoms with van der Waals surface area (Å²) in [6.07, 6.45) is 0. The monoisotopic (exact) mass is 307 g/mol. The molecule has 22 heavy (non-hydrogen) atoms. The number of hydrogen-bond donors (Lipinski definition) is 7. The lowest BCUT2D eigenvalue weighted by atomic mass is 10.0. The molecular weight excluding hydrogens is 294 g/mol. The molecule has 0 aliphatic rings. The van der Waals surface area contributed by atoms with Crippen LogP contribution in [0.1, 0.15) is 11.1 Å². The van der Waals surface area contributed by atoms with Gasteiger partial charge in [-0.3, -0.25) is 0 Å². The smallest absolute Gasteiger partial charge is 0.201 e. The minimum Gasteiger partial charge on any atom is -0.504 e. The Morgan fingerprint density at radius 3 is 1.18 bits per heavy atom. The fourth-order valence-electron chi connectivity index (χ4n) is 2.75. The van der Waals surface area contributed by atoms with Crippen LogP contribution in [0.2, 0.25) is 0 Å². The molecule has 7 N–H and O–H groups in total. The molecular formula is C14H13NO7. The van der Waals surface area contributed by atoms with E-state index in [2.05, 4.69) is 0 Å². The number of rotatable bonds is 0. The summed E-state index contributed by atoms with van der Waals surface area (Å²) >= 11 is 0. The highest BCUT2D eigenvalue weighted by atomic mass is 16.5. The average molecular weight is 307 g/mol. The molecule has 1 aromatic heterocycles. The van der Waals surface area contributed by atoms with Gasteiger partial charge in [0.2, 0.25) is 11.5 Å². The van der Waals surface area contributed by atoms with E-state index in [4.69, 9.17) is 0 Å². The van der Waals surface area contributed by atoms with E-state index in [1.807, 2.05) is 0 Å². The van der Waals surface area contributed by atoms with Crippen LogP contribution >= 0.6 is 0 Å². The van der Waals surface area contributed by atoms with Crippen LogP contribution in [-0.2, 0) is 0 Å². The van der Waals surface area contributed by atoms with Crippen molar-refractivity contribution in [3.8, 4) is 34.5 Å². The highest BCUT2D eigenvalue weighted by Crippen LogP contribution is 2.53.